The van der Waals surface area contributed by atoms with Gasteiger partial charge in [0.15, 0.2) is 14.1 Å². The first-order valence-electron chi connectivity index (χ1n) is 11.1. The summed E-state index contributed by atoms with van der Waals surface area (Å²) >= 11 is 3.99. The summed E-state index contributed by atoms with van der Waals surface area (Å²) < 4.78 is 22.4. The monoisotopic (exact) mass is 605 g/mol. The Balaban J connectivity index is 1.86. The maximum Gasteiger partial charge on any atom is 0.192 e. The summed E-state index contributed by atoms with van der Waals surface area (Å²) in [6.07, 6.45) is 7.83. The summed E-state index contributed by atoms with van der Waals surface area (Å²) in [6, 6.07) is 0. The molecule has 2 aromatic heterocycles. The Morgan fingerprint density at radius 3 is 2.73 bits per heavy atom. The van der Waals surface area contributed by atoms with Crippen LogP contribution in [0.2, 0.25) is 18.1 Å². The molecule has 0 aliphatic carbocycles. The minimum atomic E-state index is -1.89. The number of hydrogen-bond acceptors (Lipinski definition) is 7. The first-order chi connectivity index (χ1) is 15.4. The van der Waals surface area contributed by atoms with Crippen molar-refractivity contribution in [1.29, 1.82) is 0 Å². The smallest absolute Gasteiger partial charge is 0.192 e. The molecule has 0 spiro atoms. The summed E-state index contributed by atoms with van der Waals surface area (Å²) in [5.41, 5.74) is 0.819. The molecule has 33 heavy (non-hydrogen) atoms. The molecule has 8 nitrogen and oxygen atoms in total. The normalized spacial score (nSPS) is 22.0. The van der Waals surface area contributed by atoms with Gasteiger partial charge in [0, 0.05) is 30.3 Å². The van der Waals surface area contributed by atoms with Crippen molar-refractivity contribution in [1.82, 2.24) is 19.4 Å². The third-order valence-electron chi connectivity index (χ3n) is 6.26. The lowest BCUT2D eigenvalue weighted by atomic mass is 10.2. The van der Waals surface area contributed by atoms with Crippen LogP contribution in [0.15, 0.2) is 17.5 Å². The standard InChI is InChI=1S/C22H36IN5O3SSi/c1-22(2,3)33(7,8)30-11-17-16(29-14-32-6)9-18(31-17)28-10-15(23)19-20(26-13-27(4)5)24-12-25-21(19)28/h10,12-13,16-18H,9,11,14H2,1-8H3/b26-13+/t16?,17-,18-/m1/s1. The maximum absolute atomic E-state index is 6.54. The third-order valence-corrected chi connectivity index (χ3v) is 11.9. The fraction of sp³-hybridized carbons (Fsp3) is 0.682. The average Bonchev–Trinajstić information content (AvgIpc) is 3.29. The van der Waals surface area contributed by atoms with Gasteiger partial charge in [0.1, 0.15) is 24.3 Å². The summed E-state index contributed by atoms with van der Waals surface area (Å²) in [5.74, 6) is 1.29. The van der Waals surface area contributed by atoms with Gasteiger partial charge in [-0.1, -0.05) is 20.8 Å². The molecule has 1 fully saturated rings. The molecule has 3 atom stereocenters. The van der Waals surface area contributed by atoms with Gasteiger partial charge in [0.2, 0.25) is 0 Å². The fourth-order valence-electron chi connectivity index (χ4n) is 3.37. The van der Waals surface area contributed by atoms with Crippen molar-refractivity contribution in [2.75, 3.05) is 32.9 Å². The van der Waals surface area contributed by atoms with E-state index in [1.807, 2.05) is 25.3 Å². The van der Waals surface area contributed by atoms with E-state index in [4.69, 9.17) is 13.9 Å². The number of halogens is 1. The molecule has 3 heterocycles. The van der Waals surface area contributed by atoms with Crippen LogP contribution in [0.25, 0.3) is 11.0 Å². The Labute approximate surface area is 216 Å². The Kier molecular flexibility index (Phi) is 8.87. The predicted molar refractivity (Wildman–Crippen MR) is 147 cm³/mol. The topological polar surface area (TPSA) is 74.0 Å². The van der Waals surface area contributed by atoms with Gasteiger partial charge in [-0.2, -0.15) is 0 Å². The molecule has 0 bridgehead atoms. The van der Waals surface area contributed by atoms with E-state index in [0.29, 0.717) is 18.4 Å². The Bertz CT molecular complexity index is 979. The number of hydrogen-bond donors (Lipinski definition) is 0. The van der Waals surface area contributed by atoms with Crippen LogP contribution < -0.4 is 0 Å². The predicted octanol–water partition coefficient (Wildman–Crippen LogP) is 5.27. The largest absolute Gasteiger partial charge is 0.414 e. The van der Waals surface area contributed by atoms with Crippen molar-refractivity contribution in [3.8, 4) is 0 Å². The third kappa shape index (κ3) is 6.29. The van der Waals surface area contributed by atoms with Crippen molar-refractivity contribution in [2.24, 2.45) is 4.99 Å². The highest BCUT2D eigenvalue weighted by atomic mass is 127. The molecular formula is C22H36IN5O3SSi. The van der Waals surface area contributed by atoms with Crippen LogP contribution in [0.4, 0.5) is 5.82 Å². The molecule has 0 saturated carbocycles. The number of thioether (sulfide) groups is 1. The van der Waals surface area contributed by atoms with Crippen LogP contribution in [-0.2, 0) is 13.9 Å². The van der Waals surface area contributed by atoms with Crippen molar-refractivity contribution in [3.05, 3.63) is 16.1 Å². The summed E-state index contributed by atoms with van der Waals surface area (Å²) in [4.78, 5) is 15.4. The quantitative estimate of drug-likeness (QED) is 0.127. The zero-order valence-corrected chi connectivity index (χ0v) is 24.8. The van der Waals surface area contributed by atoms with Gasteiger partial charge in [0.05, 0.1) is 30.4 Å². The lowest BCUT2D eigenvalue weighted by Crippen LogP contribution is -2.44. The number of nitrogens with zero attached hydrogens (tertiary/aromatic N) is 5. The van der Waals surface area contributed by atoms with E-state index < -0.39 is 8.32 Å². The molecule has 0 aromatic carbocycles. The van der Waals surface area contributed by atoms with E-state index in [1.165, 1.54) is 0 Å². The fourth-order valence-corrected chi connectivity index (χ4v) is 5.48. The zero-order chi connectivity index (χ0) is 24.4. The van der Waals surface area contributed by atoms with Crippen molar-refractivity contribution in [2.45, 2.75) is 63.8 Å². The first kappa shape index (κ1) is 26.9. The number of fused-ring (bicyclic) bond motifs is 1. The second-order valence-electron chi connectivity index (χ2n) is 10.0. The van der Waals surface area contributed by atoms with Crippen molar-refractivity contribution < 1.29 is 13.9 Å². The molecule has 11 heteroatoms. The summed E-state index contributed by atoms with van der Waals surface area (Å²) in [7, 11) is 1.98. The molecule has 1 unspecified atom stereocenters. The van der Waals surface area contributed by atoms with Crippen LogP contribution >= 0.6 is 34.4 Å². The highest BCUT2D eigenvalue weighted by Crippen LogP contribution is 2.40. The highest BCUT2D eigenvalue weighted by Gasteiger charge is 2.42. The van der Waals surface area contributed by atoms with E-state index in [2.05, 4.69) is 82.2 Å². The highest BCUT2D eigenvalue weighted by molar-refractivity contribution is 14.1. The Hall–Kier alpha value is -0.733. The lowest BCUT2D eigenvalue weighted by Gasteiger charge is -2.37. The van der Waals surface area contributed by atoms with E-state index >= 15 is 0 Å². The van der Waals surface area contributed by atoms with Gasteiger partial charge in [-0.25, -0.2) is 15.0 Å². The number of aromatic nitrogens is 3. The van der Waals surface area contributed by atoms with E-state index in [-0.39, 0.29) is 23.5 Å². The van der Waals surface area contributed by atoms with Crippen LogP contribution in [0.5, 0.6) is 0 Å². The lowest BCUT2D eigenvalue weighted by molar-refractivity contribution is -0.0506. The van der Waals surface area contributed by atoms with Gasteiger partial charge in [-0.15, -0.1) is 11.8 Å². The van der Waals surface area contributed by atoms with E-state index in [1.54, 1.807) is 24.4 Å². The van der Waals surface area contributed by atoms with Gasteiger partial charge in [0.25, 0.3) is 0 Å². The number of rotatable bonds is 9. The van der Waals surface area contributed by atoms with Gasteiger partial charge >= 0.3 is 0 Å². The van der Waals surface area contributed by atoms with Gasteiger partial charge < -0.3 is 23.4 Å². The van der Waals surface area contributed by atoms with Gasteiger partial charge in [-0.05, 0) is 47.0 Å². The average molecular weight is 606 g/mol. The van der Waals surface area contributed by atoms with Crippen molar-refractivity contribution >= 4 is 65.9 Å². The minimum Gasteiger partial charge on any atom is -0.414 e. The van der Waals surface area contributed by atoms with Crippen LogP contribution in [0, 0.1) is 3.57 Å². The molecule has 0 amide bonds. The second kappa shape index (κ2) is 10.9. The summed E-state index contributed by atoms with van der Waals surface area (Å²) in [6.45, 7) is 11.8. The van der Waals surface area contributed by atoms with Crippen LogP contribution in [0.1, 0.15) is 33.4 Å². The minimum absolute atomic E-state index is 0.0320. The Morgan fingerprint density at radius 1 is 1.36 bits per heavy atom. The van der Waals surface area contributed by atoms with E-state index in [0.717, 1.165) is 21.0 Å². The summed E-state index contributed by atoms with van der Waals surface area (Å²) in [5, 5.41) is 1.08. The molecule has 0 radical (unpaired) electrons. The molecule has 1 saturated heterocycles. The molecule has 1 aliphatic rings. The van der Waals surface area contributed by atoms with Crippen LogP contribution in [-0.4, -0.2) is 79.2 Å². The molecule has 2 aromatic rings. The van der Waals surface area contributed by atoms with E-state index in [9.17, 15) is 0 Å². The molecule has 184 valence electrons. The molecule has 0 N–H and O–H groups in total. The number of ether oxygens (including phenoxy) is 2. The number of aliphatic imine (C=N–C) groups is 1. The second-order valence-corrected chi connectivity index (χ2v) is 16.8. The maximum atomic E-state index is 6.54. The SMILES string of the molecule is CSCOC1C[C@H](n2cc(I)c3c(/N=C/N(C)C)ncnc32)O[C@@H]1CO[Si](C)(C)C(C)(C)C. The molecule has 3 rings (SSSR count). The molecule has 1 aliphatic heterocycles. The molecular weight excluding hydrogens is 569 g/mol. The zero-order valence-electron chi connectivity index (χ0n) is 20.8. The van der Waals surface area contributed by atoms with Gasteiger partial charge in [-0.3, -0.25) is 0 Å². The van der Waals surface area contributed by atoms with Crippen LogP contribution in [0.3, 0.4) is 0 Å². The van der Waals surface area contributed by atoms with Crippen molar-refractivity contribution in [3.63, 3.8) is 0 Å². The Morgan fingerprint density at radius 2 is 2.09 bits per heavy atom. The first-order valence-corrected chi connectivity index (χ1v) is 16.4.